The lowest BCUT2D eigenvalue weighted by atomic mass is 9.91. The van der Waals surface area contributed by atoms with Crippen molar-refractivity contribution >= 4 is 11.7 Å². The predicted octanol–water partition coefficient (Wildman–Crippen LogP) is 0.256. The third-order valence-electron chi connectivity index (χ3n) is 3.28. The van der Waals surface area contributed by atoms with Gasteiger partial charge in [0.2, 0.25) is 5.91 Å². The molecule has 0 saturated carbocycles. The Hall–Kier alpha value is -1.72. The molecule has 1 fully saturated rings. The van der Waals surface area contributed by atoms with Gasteiger partial charge in [0, 0.05) is 33.0 Å². The van der Waals surface area contributed by atoms with E-state index in [1.165, 1.54) is 10.9 Å². The normalized spacial score (nSPS) is 17.2. The maximum Gasteiger partial charge on any atom is 0.219 e. The second kappa shape index (κ2) is 4.65. The van der Waals surface area contributed by atoms with Crippen molar-refractivity contribution in [3.8, 4) is 0 Å². The van der Waals surface area contributed by atoms with Gasteiger partial charge in [0.1, 0.15) is 5.69 Å². The Balaban J connectivity index is 2.00. The van der Waals surface area contributed by atoms with Gasteiger partial charge in [-0.05, 0) is 12.8 Å². The zero-order valence-electron chi connectivity index (χ0n) is 10.1. The largest absolute Gasteiger partial charge is 0.343 e. The minimum absolute atomic E-state index is 0.0113. The average Bonchev–Trinajstić information content (AvgIpc) is 2.74. The Bertz CT molecular complexity index is 432. The fraction of sp³-hybridized carbons (Fsp3) is 0.636. The Morgan fingerprint density at radius 2 is 2.00 bits per heavy atom. The lowest BCUT2D eigenvalue weighted by molar-refractivity contribution is -0.130. The van der Waals surface area contributed by atoms with Gasteiger partial charge in [-0.15, -0.1) is 5.10 Å². The van der Waals surface area contributed by atoms with E-state index in [2.05, 4.69) is 10.3 Å². The van der Waals surface area contributed by atoms with Crippen molar-refractivity contribution in [1.29, 1.82) is 0 Å². The van der Waals surface area contributed by atoms with E-state index in [-0.39, 0.29) is 17.6 Å². The SMILES string of the molecule is CC(=O)N1CCC(C(=O)c2cnnn2C)CC1. The summed E-state index contributed by atoms with van der Waals surface area (Å²) in [6.07, 6.45) is 2.95. The number of nitrogens with zero attached hydrogens (tertiary/aromatic N) is 4. The quantitative estimate of drug-likeness (QED) is 0.690. The lowest BCUT2D eigenvalue weighted by Crippen LogP contribution is -2.39. The first-order valence-corrected chi connectivity index (χ1v) is 5.74. The van der Waals surface area contributed by atoms with Crippen LogP contribution in [-0.2, 0) is 11.8 Å². The maximum atomic E-state index is 12.2. The van der Waals surface area contributed by atoms with E-state index in [9.17, 15) is 9.59 Å². The molecule has 0 N–H and O–H groups in total. The Kier molecular flexibility index (Phi) is 3.21. The molecule has 0 atom stereocenters. The van der Waals surface area contributed by atoms with Crippen LogP contribution in [0.25, 0.3) is 0 Å². The highest BCUT2D eigenvalue weighted by atomic mass is 16.2. The summed E-state index contributed by atoms with van der Waals surface area (Å²) in [6.45, 7) is 2.89. The molecule has 0 aromatic carbocycles. The summed E-state index contributed by atoms with van der Waals surface area (Å²) in [5, 5.41) is 7.47. The van der Waals surface area contributed by atoms with Crippen molar-refractivity contribution in [2.75, 3.05) is 13.1 Å². The van der Waals surface area contributed by atoms with E-state index in [1.807, 2.05) is 0 Å². The van der Waals surface area contributed by atoms with Crippen molar-refractivity contribution in [3.05, 3.63) is 11.9 Å². The average molecular weight is 236 g/mol. The highest BCUT2D eigenvalue weighted by molar-refractivity contribution is 5.96. The van der Waals surface area contributed by atoms with Gasteiger partial charge in [-0.25, -0.2) is 4.68 Å². The molecule has 0 bridgehead atoms. The fourth-order valence-corrected chi connectivity index (χ4v) is 2.18. The minimum Gasteiger partial charge on any atom is -0.343 e. The van der Waals surface area contributed by atoms with Crippen LogP contribution in [0.2, 0.25) is 0 Å². The first-order chi connectivity index (χ1) is 8.09. The van der Waals surface area contributed by atoms with Crippen LogP contribution in [0.1, 0.15) is 30.3 Å². The van der Waals surface area contributed by atoms with Crippen molar-refractivity contribution in [2.45, 2.75) is 19.8 Å². The summed E-state index contributed by atoms with van der Waals surface area (Å²) < 4.78 is 1.50. The molecule has 17 heavy (non-hydrogen) atoms. The van der Waals surface area contributed by atoms with Crippen molar-refractivity contribution < 1.29 is 9.59 Å². The zero-order valence-corrected chi connectivity index (χ0v) is 10.1. The number of hydrogen-bond acceptors (Lipinski definition) is 4. The number of likely N-dealkylation sites (tertiary alicyclic amines) is 1. The number of hydrogen-bond donors (Lipinski definition) is 0. The first kappa shape index (κ1) is 11.8. The Morgan fingerprint density at radius 1 is 1.35 bits per heavy atom. The molecular formula is C11H16N4O2. The topological polar surface area (TPSA) is 68.1 Å². The lowest BCUT2D eigenvalue weighted by Gasteiger charge is -2.30. The number of rotatable bonds is 2. The monoisotopic (exact) mass is 236 g/mol. The standard InChI is InChI=1S/C11H16N4O2/c1-8(16)15-5-3-9(4-6-15)11(17)10-7-12-13-14(10)2/h7,9H,3-6H2,1-2H3. The molecule has 1 amide bonds. The van der Waals surface area contributed by atoms with Gasteiger partial charge in [-0.1, -0.05) is 5.21 Å². The molecule has 1 saturated heterocycles. The highest BCUT2D eigenvalue weighted by Crippen LogP contribution is 2.21. The summed E-state index contributed by atoms with van der Waals surface area (Å²) in [7, 11) is 1.71. The molecule has 0 aliphatic carbocycles. The second-order valence-electron chi connectivity index (χ2n) is 4.39. The number of carbonyl (C=O) groups excluding carboxylic acids is 2. The molecule has 2 heterocycles. The number of piperidine rings is 1. The molecular weight excluding hydrogens is 220 g/mol. The fourth-order valence-electron chi connectivity index (χ4n) is 2.18. The molecule has 92 valence electrons. The van der Waals surface area contributed by atoms with Crippen LogP contribution >= 0.6 is 0 Å². The van der Waals surface area contributed by atoms with E-state index >= 15 is 0 Å². The molecule has 0 radical (unpaired) electrons. The molecule has 0 spiro atoms. The molecule has 6 nitrogen and oxygen atoms in total. The van der Waals surface area contributed by atoms with Crippen LogP contribution in [0.3, 0.4) is 0 Å². The summed E-state index contributed by atoms with van der Waals surface area (Å²) in [5.41, 5.74) is 0.547. The van der Waals surface area contributed by atoms with Crippen LogP contribution in [0.4, 0.5) is 0 Å². The van der Waals surface area contributed by atoms with Gasteiger partial charge in [-0.3, -0.25) is 9.59 Å². The van der Waals surface area contributed by atoms with Crippen LogP contribution in [0, 0.1) is 5.92 Å². The number of amides is 1. The van der Waals surface area contributed by atoms with Gasteiger partial charge in [0.15, 0.2) is 5.78 Å². The maximum absolute atomic E-state index is 12.2. The van der Waals surface area contributed by atoms with E-state index in [0.29, 0.717) is 18.8 Å². The third kappa shape index (κ3) is 2.35. The predicted molar refractivity (Wildman–Crippen MR) is 60.3 cm³/mol. The summed E-state index contributed by atoms with van der Waals surface area (Å²) in [5.74, 6) is 0.154. The van der Waals surface area contributed by atoms with Gasteiger partial charge >= 0.3 is 0 Å². The van der Waals surface area contributed by atoms with Crippen molar-refractivity contribution in [3.63, 3.8) is 0 Å². The summed E-state index contributed by atoms with van der Waals surface area (Å²) in [4.78, 5) is 25.1. The zero-order chi connectivity index (χ0) is 12.4. The molecule has 1 aromatic heterocycles. The highest BCUT2D eigenvalue weighted by Gasteiger charge is 2.28. The van der Waals surface area contributed by atoms with Gasteiger partial charge in [0.25, 0.3) is 0 Å². The molecule has 6 heteroatoms. The van der Waals surface area contributed by atoms with E-state index in [0.717, 1.165) is 12.8 Å². The molecule has 1 aliphatic heterocycles. The van der Waals surface area contributed by atoms with Crippen LogP contribution in [0.5, 0.6) is 0 Å². The third-order valence-corrected chi connectivity index (χ3v) is 3.28. The van der Waals surface area contributed by atoms with Crippen molar-refractivity contribution in [1.82, 2.24) is 19.9 Å². The van der Waals surface area contributed by atoms with Crippen LogP contribution < -0.4 is 0 Å². The molecule has 0 unspecified atom stereocenters. The molecule has 1 aliphatic rings. The first-order valence-electron chi connectivity index (χ1n) is 5.74. The van der Waals surface area contributed by atoms with E-state index in [1.54, 1.807) is 18.9 Å². The summed E-state index contributed by atoms with van der Waals surface area (Å²) in [6, 6.07) is 0. The number of aryl methyl sites for hydroxylation is 1. The second-order valence-corrected chi connectivity index (χ2v) is 4.39. The van der Waals surface area contributed by atoms with E-state index < -0.39 is 0 Å². The van der Waals surface area contributed by atoms with E-state index in [4.69, 9.17) is 0 Å². The van der Waals surface area contributed by atoms with Gasteiger partial charge < -0.3 is 4.90 Å². The smallest absolute Gasteiger partial charge is 0.219 e. The Labute approximate surface area is 99.6 Å². The number of aromatic nitrogens is 3. The molecule has 1 aromatic rings. The summed E-state index contributed by atoms with van der Waals surface area (Å²) >= 11 is 0. The number of ketones is 1. The van der Waals surface area contributed by atoms with Gasteiger partial charge in [0.05, 0.1) is 6.20 Å². The Morgan fingerprint density at radius 3 is 2.47 bits per heavy atom. The van der Waals surface area contributed by atoms with Crippen LogP contribution in [0.15, 0.2) is 6.20 Å². The number of Topliss-reactive ketones (excluding diaryl/α,β-unsaturated/α-hetero) is 1. The van der Waals surface area contributed by atoms with Crippen molar-refractivity contribution in [2.24, 2.45) is 13.0 Å². The molecule has 2 rings (SSSR count). The van der Waals surface area contributed by atoms with Crippen LogP contribution in [-0.4, -0.2) is 44.7 Å². The number of carbonyl (C=O) groups is 2. The van der Waals surface area contributed by atoms with Gasteiger partial charge in [-0.2, -0.15) is 0 Å². The minimum atomic E-state index is -0.0113.